The summed E-state index contributed by atoms with van der Waals surface area (Å²) in [6.45, 7) is 10.7. The molecule has 1 aliphatic heterocycles. The average molecular weight is 316 g/mol. The van der Waals surface area contributed by atoms with Crippen molar-refractivity contribution >= 4 is 5.97 Å². The van der Waals surface area contributed by atoms with E-state index in [4.69, 9.17) is 9.84 Å². The fraction of sp³-hybridized carbons (Fsp3) is 0.550. The highest BCUT2D eigenvalue weighted by Crippen LogP contribution is 2.53. The number of carboxylic acid groups (broad SMARTS) is 1. The first kappa shape index (κ1) is 17.6. The fourth-order valence-electron chi connectivity index (χ4n) is 3.87. The van der Waals surface area contributed by atoms with Crippen LogP contribution in [0.4, 0.5) is 0 Å². The lowest BCUT2D eigenvalue weighted by molar-refractivity contribution is -0.131. The third-order valence-electron chi connectivity index (χ3n) is 5.10. The molecule has 1 fully saturated rings. The molecule has 0 aromatic rings. The summed E-state index contributed by atoms with van der Waals surface area (Å²) >= 11 is 0. The molecule has 2 atom stereocenters. The van der Waals surface area contributed by atoms with Crippen molar-refractivity contribution in [1.82, 2.24) is 0 Å². The van der Waals surface area contributed by atoms with Crippen LogP contribution in [0, 0.1) is 11.3 Å². The van der Waals surface area contributed by atoms with Crippen molar-refractivity contribution in [2.75, 3.05) is 0 Å². The number of fused-ring (bicyclic) bond motifs is 1. The molecule has 0 saturated heterocycles. The summed E-state index contributed by atoms with van der Waals surface area (Å²) in [4.78, 5) is 10.6. The molecule has 1 heterocycles. The molecule has 2 rings (SSSR count). The smallest absolute Gasteiger partial charge is 0.328 e. The first-order valence-electron chi connectivity index (χ1n) is 8.31. The number of carbonyl (C=O) groups is 1. The van der Waals surface area contributed by atoms with Crippen molar-refractivity contribution in [3.8, 4) is 0 Å². The molecule has 0 bridgehead atoms. The van der Waals surface area contributed by atoms with Gasteiger partial charge in [-0.25, -0.2) is 4.79 Å². The Morgan fingerprint density at radius 2 is 2.00 bits per heavy atom. The van der Waals surface area contributed by atoms with Crippen LogP contribution < -0.4 is 0 Å². The predicted octanol–water partition coefficient (Wildman–Crippen LogP) is 5.02. The summed E-state index contributed by atoms with van der Waals surface area (Å²) in [5.74, 6) is 0.491. The number of ether oxygens (including phenoxy) is 1. The molecule has 1 saturated carbocycles. The zero-order valence-corrected chi connectivity index (χ0v) is 14.8. The molecule has 2 aliphatic rings. The molecule has 0 radical (unpaired) electrons. The normalized spacial score (nSPS) is 30.8. The second kappa shape index (κ2) is 6.38. The number of rotatable bonds is 4. The minimum absolute atomic E-state index is 0.0883. The SMILES string of the molecule is CC(/C=C/C=C(\C)C1=CC2C(C)(C)CCCC2(C)O1)=C\C(=O)O. The Hall–Kier alpha value is -1.77. The highest BCUT2D eigenvalue weighted by Gasteiger charge is 2.50. The van der Waals surface area contributed by atoms with Crippen molar-refractivity contribution in [2.45, 2.75) is 59.5 Å². The van der Waals surface area contributed by atoms with Crippen LogP contribution in [0.2, 0.25) is 0 Å². The van der Waals surface area contributed by atoms with E-state index in [0.717, 1.165) is 17.8 Å². The molecule has 0 aromatic carbocycles. The van der Waals surface area contributed by atoms with Gasteiger partial charge in [-0.1, -0.05) is 32.1 Å². The molecular formula is C20H28O3. The Labute approximate surface area is 139 Å². The van der Waals surface area contributed by atoms with E-state index in [9.17, 15) is 4.79 Å². The van der Waals surface area contributed by atoms with Gasteiger partial charge in [-0.05, 0) is 62.7 Å². The van der Waals surface area contributed by atoms with Crippen LogP contribution in [0.25, 0.3) is 0 Å². The predicted molar refractivity (Wildman–Crippen MR) is 93.0 cm³/mol. The number of allylic oxidation sites excluding steroid dienone is 5. The highest BCUT2D eigenvalue weighted by atomic mass is 16.5. The molecule has 1 N–H and O–H groups in total. The molecule has 2 unspecified atom stereocenters. The first-order valence-corrected chi connectivity index (χ1v) is 8.31. The van der Waals surface area contributed by atoms with Crippen LogP contribution in [0.5, 0.6) is 0 Å². The second-order valence-electron chi connectivity index (χ2n) is 7.70. The summed E-state index contributed by atoms with van der Waals surface area (Å²) in [7, 11) is 0. The minimum Gasteiger partial charge on any atom is -0.487 e. The maximum Gasteiger partial charge on any atom is 0.328 e. The minimum atomic E-state index is -0.922. The van der Waals surface area contributed by atoms with Crippen LogP contribution in [0.3, 0.4) is 0 Å². The lowest BCUT2D eigenvalue weighted by Crippen LogP contribution is -2.44. The van der Waals surface area contributed by atoms with Crippen molar-refractivity contribution in [3.05, 3.63) is 47.3 Å². The molecule has 0 aromatic heterocycles. The van der Waals surface area contributed by atoms with Crippen LogP contribution in [-0.2, 0) is 9.53 Å². The van der Waals surface area contributed by atoms with E-state index < -0.39 is 5.97 Å². The third kappa shape index (κ3) is 3.95. The summed E-state index contributed by atoms with van der Waals surface area (Å²) in [6.07, 6.45) is 12.7. The van der Waals surface area contributed by atoms with Crippen LogP contribution >= 0.6 is 0 Å². The van der Waals surface area contributed by atoms with Crippen molar-refractivity contribution in [3.63, 3.8) is 0 Å². The van der Waals surface area contributed by atoms with Gasteiger partial charge >= 0.3 is 5.97 Å². The Morgan fingerprint density at radius 3 is 2.61 bits per heavy atom. The lowest BCUT2D eigenvalue weighted by atomic mass is 9.62. The zero-order valence-electron chi connectivity index (χ0n) is 14.8. The Bertz CT molecular complexity index is 604. The standard InChI is InChI=1S/C20H28O3/c1-14(12-18(21)22)8-6-9-15(2)16-13-17-19(3,4)10-7-11-20(17,5)23-16/h6,8-9,12-13,17H,7,10-11H2,1-5H3,(H,21,22)/b8-6+,14-12+,15-9+. The molecule has 23 heavy (non-hydrogen) atoms. The van der Waals surface area contributed by atoms with Crippen LogP contribution in [-0.4, -0.2) is 16.7 Å². The summed E-state index contributed by atoms with van der Waals surface area (Å²) in [5, 5.41) is 8.71. The molecular weight excluding hydrogens is 288 g/mol. The molecule has 3 heteroatoms. The van der Waals surface area contributed by atoms with Crippen molar-refractivity contribution in [2.24, 2.45) is 11.3 Å². The maximum absolute atomic E-state index is 10.6. The van der Waals surface area contributed by atoms with E-state index in [-0.39, 0.29) is 11.0 Å². The Morgan fingerprint density at radius 1 is 1.30 bits per heavy atom. The van der Waals surface area contributed by atoms with Gasteiger partial charge in [0.25, 0.3) is 0 Å². The first-order chi connectivity index (χ1) is 10.6. The molecule has 3 nitrogen and oxygen atoms in total. The Kier molecular flexibility index (Phi) is 4.88. The van der Waals surface area contributed by atoms with Gasteiger partial charge in [0, 0.05) is 12.0 Å². The zero-order chi connectivity index (χ0) is 17.3. The van der Waals surface area contributed by atoms with Crippen molar-refractivity contribution < 1.29 is 14.6 Å². The van der Waals surface area contributed by atoms with Gasteiger partial charge in [-0.2, -0.15) is 0 Å². The summed E-state index contributed by atoms with van der Waals surface area (Å²) < 4.78 is 6.32. The fourth-order valence-corrected chi connectivity index (χ4v) is 3.87. The van der Waals surface area contributed by atoms with E-state index in [1.54, 1.807) is 13.0 Å². The largest absolute Gasteiger partial charge is 0.487 e. The molecule has 1 aliphatic carbocycles. The van der Waals surface area contributed by atoms with Crippen LogP contribution in [0.1, 0.15) is 53.9 Å². The number of carboxylic acids is 1. The molecule has 0 amide bonds. The van der Waals surface area contributed by atoms with E-state index >= 15 is 0 Å². The maximum atomic E-state index is 10.6. The average Bonchev–Trinajstić information content (AvgIpc) is 2.77. The Balaban J connectivity index is 2.15. The van der Waals surface area contributed by atoms with E-state index in [1.165, 1.54) is 18.9 Å². The number of aliphatic carboxylic acids is 1. The topological polar surface area (TPSA) is 46.5 Å². The quantitative estimate of drug-likeness (QED) is 0.585. The highest BCUT2D eigenvalue weighted by molar-refractivity contribution is 5.81. The third-order valence-corrected chi connectivity index (χ3v) is 5.10. The van der Waals surface area contributed by atoms with Gasteiger partial charge in [0.05, 0.1) is 0 Å². The summed E-state index contributed by atoms with van der Waals surface area (Å²) in [6, 6.07) is 0. The van der Waals surface area contributed by atoms with Gasteiger partial charge < -0.3 is 9.84 Å². The van der Waals surface area contributed by atoms with Gasteiger partial charge in [0.1, 0.15) is 11.4 Å². The van der Waals surface area contributed by atoms with Gasteiger partial charge in [-0.15, -0.1) is 0 Å². The van der Waals surface area contributed by atoms with Crippen LogP contribution in [0.15, 0.2) is 47.3 Å². The number of hydrogen-bond acceptors (Lipinski definition) is 2. The lowest BCUT2D eigenvalue weighted by Gasteiger charge is -2.45. The van der Waals surface area contributed by atoms with E-state index in [1.807, 2.05) is 19.1 Å². The van der Waals surface area contributed by atoms with Gasteiger partial charge in [-0.3, -0.25) is 0 Å². The van der Waals surface area contributed by atoms with Crippen molar-refractivity contribution in [1.29, 1.82) is 0 Å². The molecule has 126 valence electrons. The van der Waals surface area contributed by atoms with E-state index in [0.29, 0.717) is 11.5 Å². The number of hydrogen-bond donors (Lipinski definition) is 1. The van der Waals surface area contributed by atoms with E-state index in [2.05, 4.69) is 26.8 Å². The van der Waals surface area contributed by atoms with Gasteiger partial charge in [0.2, 0.25) is 0 Å². The summed E-state index contributed by atoms with van der Waals surface area (Å²) in [5.41, 5.74) is 1.97. The molecule has 0 spiro atoms. The van der Waals surface area contributed by atoms with Gasteiger partial charge in [0.15, 0.2) is 0 Å². The second-order valence-corrected chi connectivity index (χ2v) is 7.70. The monoisotopic (exact) mass is 316 g/mol.